The second-order valence-corrected chi connectivity index (χ2v) is 6.26. The Labute approximate surface area is 119 Å². The largest absolute Gasteiger partial charge is 0.458 e. The molecule has 1 aliphatic carbocycles. The number of rotatable bonds is 4. The summed E-state index contributed by atoms with van der Waals surface area (Å²) < 4.78 is 7.22. The number of esters is 1. The lowest BCUT2D eigenvalue weighted by Gasteiger charge is -2.22. The zero-order chi connectivity index (χ0) is 14.9. The zero-order valence-electron chi connectivity index (χ0n) is 12.5. The van der Waals surface area contributed by atoms with Crippen LogP contribution in [-0.4, -0.2) is 28.1 Å². The molecule has 5 nitrogen and oxygen atoms in total. The third-order valence-corrected chi connectivity index (χ3v) is 3.06. The summed E-state index contributed by atoms with van der Waals surface area (Å²) in [4.78, 5) is 24.1. The van der Waals surface area contributed by atoms with Crippen LogP contribution in [0.4, 0.5) is 0 Å². The summed E-state index contributed by atoms with van der Waals surface area (Å²) in [5.74, 6) is -0.657. The Balaban J connectivity index is 1.97. The third-order valence-electron chi connectivity index (χ3n) is 3.06. The number of amides is 1. The standard InChI is InChI=1S/C15H22N2O3/c1-10(14(19)20-15(2,3)4)16-13(18)12-6-5-9-17(12)11-7-8-11/h5-6,9-11H,7-8H2,1-4H3,(H,16,18)/t10-/m1/s1. The molecule has 0 aromatic carbocycles. The average Bonchev–Trinajstić information content (AvgIpc) is 3.04. The van der Waals surface area contributed by atoms with Crippen LogP contribution in [0.2, 0.25) is 0 Å². The lowest BCUT2D eigenvalue weighted by Crippen LogP contribution is -2.42. The Morgan fingerprint density at radius 3 is 2.60 bits per heavy atom. The van der Waals surface area contributed by atoms with Crippen molar-refractivity contribution >= 4 is 11.9 Å². The quantitative estimate of drug-likeness (QED) is 0.860. The fraction of sp³-hybridized carbons (Fsp3) is 0.600. The number of ether oxygens (including phenoxy) is 1. The van der Waals surface area contributed by atoms with E-state index in [0.29, 0.717) is 11.7 Å². The van der Waals surface area contributed by atoms with E-state index >= 15 is 0 Å². The molecule has 1 atom stereocenters. The molecule has 2 rings (SSSR count). The summed E-state index contributed by atoms with van der Waals surface area (Å²) in [6.07, 6.45) is 4.12. The first-order chi connectivity index (χ1) is 9.28. The number of hydrogen-bond acceptors (Lipinski definition) is 3. The predicted molar refractivity (Wildman–Crippen MR) is 75.5 cm³/mol. The van der Waals surface area contributed by atoms with Crippen molar-refractivity contribution in [2.24, 2.45) is 0 Å². The van der Waals surface area contributed by atoms with Crippen LogP contribution in [0.1, 0.15) is 57.1 Å². The second-order valence-electron chi connectivity index (χ2n) is 6.26. The Morgan fingerprint density at radius 2 is 2.05 bits per heavy atom. The van der Waals surface area contributed by atoms with Crippen molar-refractivity contribution in [1.82, 2.24) is 9.88 Å². The lowest BCUT2D eigenvalue weighted by molar-refractivity contribution is -0.156. The number of nitrogens with one attached hydrogen (secondary N) is 1. The maximum atomic E-state index is 12.2. The summed E-state index contributed by atoms with van der Waals surface area (Å²) in [7, 11) is 0. The van der Waals surface area contributed by atoms with Gasteiger partial charge in [-0.3, -0.25) is 4.79 Å². The molecule has 0 bridgehead atoms. The molecule has 1 aromatic heterocycles. The highest BCUT2D eigenvalue weighted by Crippen LogP contribution is 2.35. The monoisotopic (exact) mass is 278 g/mol. The SMILES string of the molecule is C[C@@H](NC(=O)c1cccn1C1CC1)C(=O)OC(C)(C)C. The number of aromatic nitrogens is 1. The maximum Gasteiger partial charge on any atom is 0.328 e. The summed E-state index contributed by atoms with van der Waals surface area (Å²) in [6, 6.07) is 3.40. The van der Waals surface area contributed by atoms with Gasteiger partial charge >= 0.3 is 5.97 Å². The van der Waals surface area contributed by atoms with Gasteiger partial charge in [0.15, 0.2) is 0 Å². The van der Waals surface area contributed by atoms with Crippen molar-refractivity contribution in [3.05, 3.63) is 24.0 Å². The summed E-state index contributed by atoms with van der Waals surface area (Å²) in [5.41, 5.74) is 0.0486. The summed E-state index contributed by atoms with van der Waals surface area (Å²) in [6.45, 7) is 7.05. The summed E-state index contributed by atoms with van der Waals surface area (Å²) >= 11 is 0. The van der Waals surface area contributed by atoms with E-state index < -0.39 is 17.6 Å². The molecule has 0 spiro atoms. The summed E-state index contributed by atoms with van der Waals surface area (Å²) in [5, 5.41) is 2.69. The average molecular weight is 278 g/mol. The van der Waals surface area contributed by atoms with Crippen molar-refractivity contribution in [3.63, 3.8) is 0 Å². The predicted octanol–water partition coefficient (Wildman–Crippen LogP) is 2.28. The minimum absolute atomic E-state index is 0.236. The van der Waals surface area contributed by atoms with E-state index in [1.807, 2.05) is 16.8 Å². The van der Waals surface area contributed by atoms with Crippen LogP contribution >= 0.6 is 0 Å². The minimum atomic E-state index is -0.663. The Hall–Kier alpha value is -1.78. The van der Waals surface area contributed by atoms with Gasteiger partial charge in [0, 0.05) is 12.2 Å². The van der Waals surface area contributed by atoms with E-state index in [0.717, 1.165) is 12.8 Å². The van der Waals surface area contributed by atoms with Crippen molar-refractivity contribution in [2.75, 3.05) is 0 Å². The van der Waals surface area contributed by atoms with Crippen LogP contribution in [0.15, 0.2) is 18.3 Å². The number of carbonyl (C=O) groups excluding carboxylic acids is 2. The van der Waals surface area contributed by atoms with E-state index in [4.69, 9.17) is 4.74 Å². The van der Waals surface area contributed by atoms with Gasteiger partial charge in [-0.15, -0.1) is 0 Å². The van der Waals surface area contributed by atoms with Gasteiger partial charge in [-0.1, -0.05) is 0 Å². The molecule has 1 heterocycles. The second kappa shape index (κ2) is 5.31. The normalized spacial score (nSPS) is 16.6. The first kappa shape index (κ1) is 14.6. The molecule has 110 valence electrons. The Kier molecular flexibility index (Phi) is 3.88. The van der Waals surface area contributed by atoms with Gasteiger partial charge in [-0.25, -0.2) is 4.79 Å². The fourth-order valence-corrected chi connectivity index (χ4v) is 1.98. The highest BCUT2D eigenvalue weighted by atomic mass is 16.6. The maximum absolute atomic E-state index is 12.2. The Bertz CT molecular complexity index is 509. The first-order valence-electron chi connectivity index (χ1n) is 6.98. The van der Waals surface area contributed by atoms with Gasteiger partial charge < -0.3 is 14.6 Å². The van der Waals surface area contributed by atoms with Gasteiger partial charge in [0.2, 0.25) is 0 Å². The van der Waals surface area contributed by atoms with E-state index in [-0.39, 0.29) is 5.91 Å². The van der Waals surface area contributed by atoms with E-state index in [9.17, 15) is 9.59 Å². The number of hydrogen-bond donors (Lipinski definition) is 1. The van der Waals surface area contributed by atoms with Gasteiger partial charge in [-0.2, -0.15) is 0 Å². The molecule has 1 saturated carbocycles. The fourth-order valence-electron chi connectivity index (χ4n) is 1.98. The van der Waals surface area contributed by atoms with E-state index in [1.54, 1.807) is 33.8 Å². The molecule has 1 amide bonds. The molecular formula is C15H22N2O3. The molecule has 1 fully saturated rings. The Morgan fingerprint density at radius 1 is 1.40 bits per heavy atom. The molecule has 20 heavy (non-hydrogen) atoms. The molecule has 1 aliphatic rings. The highest BCUT2D eigenvalue weighted by molar-refractivity contribution is 5.95. The van der Waals surface area contributed by atoms with Crippen molar-refractivity contribution in [1.29, 1.82) is 0 Å². The van der Waals surface area contributed by atoms with Crippen LogP contribution < -0.4 is 5.32 Å². The minimum Gasteiger partial charge on any atom is -0.458 e. The number of nitrogens with zero attached hydrogens (tertiary/aromatic N) is 1. The topological polar surface area (TPSA) is 60.3 Å². The third kappa shape index (κ3) is 3.62. The van der Waals surface area contributed by atoms with E-state index in [2.05, 4.69) is 5.32 Å². The van der Waals surface area contributed by atoms with Crippen LogP contribution in [0, 0.1) is 0 Å². The highest BCUT2D eigenvalue weighted by Gasteiger charge is 2.28. The smallest absolute Gasteiger partial charge is 0.328 e. The van der Waals surface area contributed by atoms with Gasteiger partial charge in [0.05, 0.1) is 0 Å². The number of carbonyl (C=O) groups is 2. The molecule has 0 saturated heterocycles. The molecule has 1 N–H and O–H groups in total. The van der Waals surface area contributed by atoms with E-state index in [1.165, 1.54) is 0 Å². The molecule has 0 unspecified atom stereocenters. The van der Waals surface area contributed by atoms with Crippen LogP contribution in [0.25, 0.3) is 0 Å². The molecule has 0 radical (unpaired) electrons. The van der Waals surface area contributed by atoms with Crippen molar-refractivity contribution in [3.8, 4) is 0 Å². The van der Waals surface area contributed by atoms with Gasteiger partial charge in [0.25, 0.3) is 5.91 Å². The van der Waals surface area contributed by atoms with Gasteiger partial charge in [0.1, 0.15) is 17.3 Å². The van der Waals surface area contributed by atoms with Crippen LogP contribution in [0.5, 0.6) is 0 Å². The van der Waals surface area contributed by atoms with Crippen molar-refractivity contribution in [2.45, 2.75) is 58.2 Å². The van der Waals surface area contributed by atoms with Crippen molar-refractivity contribution < 1.29 is 14.3 Å². The van der Waals surface area contributed by atoms with Crippen LogP contribution in [0.3, 0.4) is 0 Å². The van der Waals surface area contributed by atoms with Gasteiger partial charge in [-0.05, 0) is 52.7 Å². The molecule has 1 aromatic rings. The molecule has 5 heteroatoms. The molecular weight excluding hydrogens is 256 g/mol. The zero-order valence-corrected chi connectivity index (χ0v) is 12.5. The van der Waals surface area contributed by atoms with Crippen LogP contribution in [-0.2, 0) is 9.53 Å². The molecule has 0 aliphatic heterocycles. The lowest BCUT2D eigenvalue weighted by atomic mass is 10.2. The first-order valence-corrected chi connectivity index (χ1v) is 6.98.